The molecule has 0 aliphatic heterocycles. The van der Waals surface area contributed by atoms with Gasteiger partial charge in [0.25, 0.3) is 5.91 Å². The molecule has 0 radical (unpaired) electrons. The van der Waals surface area contributed by atoms with Crippen LogP contribution in [0.3, 0.4) is 0 Å². The lowest BCUT2D eigenvalue weighted by molar-refractivity contribution is -0.188. The minimum atomic E-state index is -4.56. The van der Waals surface area contributed by atoms with Crippen molar-refractivity contribution >= 4 is 17.2 Å². The standard InChI is InChI=1S/C16H16F4N2OS/c1-4-15(3,16(18,19)20)22-13(23)12-9(2)21-14(24-12)10-5-7-11(17)8-6-10/h5-8H,4H2,1-3H3,(H,22,23). The quantitative estimate of drug-likeness (QED) is 0.802. The van der Waals surface area contributed by atoms with Gasteiger partial charge in [-0.1, -0.05) is 6.92 Å². The fourth-order valence-electron chi connectivity index (χ4n) is 1.99. The number of carbonyl (C=O) groups excluding carboxylic acids is 1. The number of benzene rings is 1. The van der Waals surface area contributed by atoms with Gasteiger partial charge in [-0.25, -0.2) is 9.37 Å². The summed E-state index contributed by atoms with van der Waals surface area (Å²) >= 11 is 0.975. The second-order valence-electron chi connectivity index (χ2n) is 5.58. The third kappa shape index (κ3) is 3.58. The molecule has 0 bridgehead atoms. The number of hydrogen-bond acceptors (Lipinski definition) is 3. The Hall–Kier alpha value is -1.96. The zero-order valence-electron chi connectivity index (χ0n) is 13.3. The van der Waals surface area contributed by atoms with Crippen molar-refractivity contribution in [3.05, 3.63) is 40.7 Å². The summed E-state index contributed by atoms with van der Waals surface area (Å²) in [7, 11) is 0. The van der Waals surface area contributed by atoms with Crippen molar-refractivity contribution in [1.29, 1.82) is 0 Å². The van der Waals surface area contributed by atoms with Gasteiger partial charge < -0.3 is 5.32 Å². The molecule has 0 aliphatic carbocycles. The smallest absolute Gasteiger partial charge is 0.337 e. The summed E-state index contributed by atoms with van der Waals surface area (Å²) in [6, 6.07) is 5.51. The van der Waals surface area contributed by atoms with Gasteiger partial charge in [0.1, 0.15) is 21.2 Å². The molecule has 1 atom stereocenters. The van der Waals surface area contributed by atoms with Crippen molar-refractivity contribution < 1.29 is 22.4 Å². The molecule has 1 heterocycles. The minimum Gasteiger partial charge on any atom is -0.337 e. The van der Waals surface area contributed by atoms with E-state index in [0.717, 1.165) is 18.3 Å². The number of aryl methyl sites for hydroxylation is 1. The molecule has 1 amide bonds. The number of aromatic nitrogens is 1. The molecule has 0 fully saturated rings. The van der Waals surface area contributed by atoms with Crippen LogP contribution in [-0.4, -0.2) is 22.6 Å². The molecule has 8 heteroatoms. The first-order chi connectivity index (χ1) is 11.1. The van der Waals surface area contributed by atoms with Crippen LogP contribution in [0.4, 0.5) is 17.6 Å². The molecule has 130 valence electrons. The van der Waals surface area contributed by atoms with Crippen LogP contribution in [0.25, 0.3) is 10.6 Å². The van der Waals surface area contributed by atoms with Crippen molar-refractivity contribution in [2.24, 2.45) is 0 Å². The van der Waals surface area contributed by atoms with E-state index in [1.807, 2.05) is 0 Å². The van der Waals surface area contributed by atoms with Gasteiger partial charge in [-0.05, 0) is 44.5 Å². The van der Waals surface area contributed by atoms with Crippen LogP contribution in [-0.2, 0) is 0 Å². The molecule has 3 nitrogen and oxygen atoms in total. The first-order valence-corrected chi connectivity index (χ1v) is 8.01. The van der Waals surface area contributed by atoms with Crippen LogP contribution in [0, 0.1) is 12.7 Å². The highest BCUT2D eigenvalue weighted by Crippen LogP contribution is 2.34. The molecular formula is C16H16F4N2OS. The van der Waals surface area contributed by atoms with Gasteiger partial charge in [0, 0.05) is 5.56 Å². The average molecular weight is 360 g/mol. The van der Waals surface area contributed by atoms with Gasteiger partial charge in [0.05, 0.1) is 5.69 Å². The molecule has 2 rings (SSSR count). The van der Waals surface area contributed by atoms with Crippen LogP contribution < -0.4 is 5.32 Å². The molecular weight excluding hydrogens is 344 g/mol. The first kappa shape index (κ1) is 18.4. The number of nitrogens with zero attached hydrogens (tertiary/aromatic N) is 1. The highest BCUT2D eigenvalue weighted by molar-refractivity contribution is 7.17. The van der Waals surface area contributed by atoms with Crippen LogP contribution in [0.15, 0.2) is 24.3 Å². The van der Waals surface area contributed by atoms with Crippen molar-refractivity contribution in [1.82, 2.24) is 10.3 Å². The van der Waals surface area contributed by atoms with Crippen molar-refractivity contribution in [3.8, 4) is 10.6 Å². The number of rotatable bonds is 4. The van der Waals surface area contributed by atoms with Crippen molar-refractivity contribution in [2.45, 2.75) is 38.9 Å². The van der Waals surface area contributed by atoms with Crippen LogP contribution in [0.5, 0.6) is 0 Å². The summed E-state index contributed by atoms with van der Waals surface area (Å²) in [5, 5.41) is 2.51. The first-order valence-electron chi connectivity index (χ1n) is 7.20. The molecule has 0 saturated heterocycles. The number of hydrogen-bond donors (Lipinski definition) is 1. The summed E-state index contributed by atoms with van der Waals surface area (Å²) in [6.07, 6.45) is -4.85. The Morgan fingerprint density at radius 1 is 1.25 bits per heavy atom. The predicted octanol–water partition coefficient (Wildman–Crippen LogP) is 4.72. The maximum Gasteiger partial charge on any atom is 0.411 e. The van der Waals surface area contributed by atoms with Gasteiger partial charge >= 0.3 is 6.18 Å². The second-order valence-corrected chi connectivity index (χ2v) is 6.58. The molecule has 1 aromatic heterocycles. The number of carbonyl (C=O) groups is 1. The summed E-state index contributed by atoms with van der Waals surface area (Å²) in [4.78, 5) is 16.6. The monoisotopic (exact) mass is 360 g/mol. The van der Waals surface area contributed by atoms with Crippen LogP contribution in [0.2, 0.25) is 0 Å². The number of halogens is 4. The Bertz CT molecular complexity index is 740. The van der Waals surface area contributed by atoms with Crippen molar-refractivity contribution in [3.63, 3.8) is 0 Å². The minimum absolute atomic E-state index is 0.109. The van der Waals surface area contributed by atoms with E-state index in [4.69, 9.17) is 0 Å². The molecule has 1 aromatic carbocycles. The summed E-state index contributed by atoms with van der Waals surface area (Å²) in [6.45, 7) is 3.86. The molecule has 1 unspecified atom stereocenters. The van der Waals surface area contributed by atoms with Gasteiger partial charge in [-0.2, -0.15) is 13.2 Å². The normalized spacial score (nSPS) is 14.3. The highest BCUT2D eigenvalue weighted by atomic mass is 32.1. The average Bonchev–Trinajstić information content (AvgIpc) is 2.88. The molecule has 1 N–H and O–H groups in total. The van der Waals surface area contributed by atoms with Crippen molar-refractivity contribution in [2.75, 3.05) is 0 Å². The lowest BCUT2D eigenvalue weighted by atomic mass is 9.98. The van der Waals surface area contributed by atoms with Crippen LogP contribution in [0.1, 0.15) is 35.6 Å². The predicted molar refractivity (Wildman–Crippen MR) is 84.5 cm³/mol. The second kappa shape index (κ2) is 6.51. The number of alkyl halides is 3. The maximum atomic E-state index is 13.1. The van der Waals surface area contributed by atoms with E-state index >= 15 is 0 Å². The lowest BCUT2D eigenvalue weighted by Gasteiger charge is -2.31. The fraction of sp³-hybridized carbons (Fsp3) is 0.375. The SMILES string of the molecule is CCC(C)(NC(=O)c1sc(-c2ccc(F)cc2)nc1C)C(F)(F)F. The van der Waals surface area contributed by atoms with E-state index in [1.165, 1.54) is 31.2 Å². The zero-order chi connectivity index (χ0) is 18.1. The highest BCUT2D eigenvalue weighted by Gasteiger charge is 2.51. The largest absolute Gasteiger partial charge is 0.411 e. The third-order valence-corrected chi connectivity index (χ3v) is 5.02. The molecule has 0 spiro atoms. The molecule has 2 aromatic rings. The summed E-state index contributed by atoms with van der Waals surface area (Å²) in [5.41, 5.74) is -1.38. The Morgan fingerprint density at radius 3 is 2.33 bits per heavy atom. The summed E-state index contributed by atoms with van der Waals surface area (Å²) < 4.78 is 52.3. The Kier molecular flexibility index (Phi) is 4.98. The Morgan fingerprint density at radius 2 is 1.83 bits per heavy atom. The lowest BCUT2D eigenvalue weighted by Crippen LogP contribution is -2.56. The van der Waals surface area contributed by atoms with Gasteiger partial charge in [0.2, 0.25) is 0 Å². The fourth-order valence-corrected chi connectivity index (χ4v) is 2.96. The summed E-state index contributed by atoms with van der Waals surface area (Å²) in [5.74, 6) is -1.23. The van der Waals surface area contributed by atoms with Gasteiger partial charge in [-0.15, -0.1) is 11.3 Å². The number of thiazole rings is 1. The van der Waals surface area contributed by atoms with E-state index in [0.29, 0.717) is 16.3 Å². The van der Waals surface area contributed by atoms with Crippen LogP contribution >= 0.6 is 11.3 Å². The zero-order valence-corrected chi connectivity index (χ0v) is 14.1. The van der Waals surface area contributed by atoms with E-state index < -0.39 is 23.4 Å². The molecule has 0 aliphatic rings. The van der Waals surface area contributed by atoms with E-state index in [9.17, 15) is 22.4 Å². The van der Waals surface area contributed by atoms with Gasteiger partial charge in [0.15, 0.2) is 0 Å². The maximum absolute atomic E-state index is 13.1. The van der Waals surface area contributed by atoms with E-state index in [2.05, 4.69) is 10.3 Å². The van der Waals surface area contributed by atoms with E-state index in [1.54, 1.807) is 6.92 Å². The molecule has 0 saturated carbocycles. The van der Waals surface area contributed by atoms with Gasteiger partial charge in [-0.3, -0.25) is 4.79 Å². The number of nitrogens with one attached hydrogen (secondary N) is 1. The Balaban J connectivity index is 2.29. The topological polar surface area (TPSA) is 42.0 Å². The van der Waals surface area contributed by atoms with E-state index in [-0.39, 0.29) is 11.3 Å². The molecule has 24 heavy (non-hydrogen) atoms. The number of amides is 1. The third-order valence-electron chi connectivity index (χ3n) is 3.82. The Labute approximate surface area is 140 Å².